The van der Waals surface area contributed by atoms with E-state index < -0.39 is 25.7 Å². The molecule has 0 aromatic heterocycles. The van der Waals surface area contributed by atoms with Crippen LogP contribution in [0, 0.1) is 0 Å². The molecule has 0 fully saturated rings. The Morgan fingerprint density at radius 1 is 1.04 bits per heavy atom. The molecule has 1 aliphatic rings. The summed E-state index contributed by atoms with van der Waals surface area (Å²) in [5.74, 6) is -0.992. The van der Waals surface area contributed by atoms with Crippen LogP contribution in [0.4, 0.5) is 0 Å². The number of unbranched alkanes of at least 4 members (excludes halogenated alkanes) is 3. The largest absolute Gasteiger partial charge is 0.296 e. The van der Waals surface area contributed by atoms with Crippen LogP contribution >= 0.6 is 11.9 Å². The molecule has 0 unspecified atom stereocenters. The topological polar surface area (TPSA) is 69.2 Å². The summed E-state index contributed by atoms with van der Waals surface area (Å²) in [4.78, 5) is 20.9. The van der Waals surface area contributed by atoms with Gasteiger partial charge in [0.2, 0.25) is 5.91 Å². The minimum atomic E-state index is -1.08. The van der Waals surface area contributed by atoms with Gasteiger partial charge in [-0.3, -0.25) is 9.52 Å². The summed E-state index contributed by atoms with van der Waals surface area (Å²) in [5.41, 5.74) is 1.13. The van der Waals surface area contributed by atoms with Crippen molar-refractivity contribution < 1.29 is 14.7 Å². The van der Waals surface area contributed by atoms with Crippen molar-refractivity contribution in [1.82, 2.24) is 4.72 Å². The molecule has 0 radical (unpaired) electrons. The molecule has 0 atom stereocenters. The molecule has 0 saturated heterocycles. The SMILES string of the molecule is CC(=O)[O-].CCC[CH2][Sn+]([CH2]CCC)[CH2]CCC.O=C1Cc2ccccc2SN1. The molecule has 1 aromatic carbocycles. The number of carbonyl (C=O) groups excluding carboxylic acids is 2. The molecule has 1 heterocycles. The Labute approximate surface area is 183 Å². The summed E-state index contributed by atoms with van der Waals surface area (Å²) in [5, 5.41) is 8.89. The Balaban J connectivity index is 0.000000440. The number of carboxylic acid groups (broad SMARTS) is 1. The fourth-order valence-electron chi connectivity index (χ4n) is 2.73. The van der Waals surface area contributed by atoms with E-state index in [1.807, 2.05) is 24.3 Å². The first-order valence-corrected chi connectivity index (χ1v) is 17.4. The average molecular weight is 514 g/mol. The normalized spacial score (nSPS) is 11.8. The van der Waals surface area contributed by atoms with E-state index in [1.54, 1.807) is 13.3 Å². The Morgan fingerprint density at radius 2 is 1.50 bits per heavy atom. The number of rotatable bonds is 9. The Kier molecular flexibility index (Phi) is 17.9. The maximum absolute atomic E-state index is 10.9. The Bertz CT molecular complexity index is 531. The predicted octanol–water partition coefficient (Wildman–Crippen LogP) is 5.00. The van der Waals surface area contributed by atoms with Crippen LogP contribution in [0.1, 0.15) is 71.8 Å². The number of aliphatic carboxylic acids is 1. The van der Waals surface area contributed by atoms with E-state index in [0.717, 1.165) is 17.4 Å². The van der Waals surface area contributed by atoms with Gasteiger partial charge in [-0.05, 0) is 30.5 Å². The number of hydrogen-bond acceptors (Lipinski definition) is 4. The maximum Gasteiger partial charge on any atom is 0.234 e. The van der Waals surface area contributed by atoms with Gasteiger partial charge < -0.3 is 9.90 Å². The van der Waals surface area contributed by atoms with Crippen LogP contribution in [0.15, 0.2) is 29.2 Å². The van der Waals surface area contributed by atoms with Gasteiger partial charge in [0.1, 0.15) is 0 Å². The third-order valence-electron chi connectivity index (χ3n) is 4.25. The summed E-state index contributed by atoms with van der Waals surface area (Å²) in [6, 6.07) is 7.93. The second-order valence-electron chi connectivity index (χ2n) is 6.96. The van der Waals surface area contributed by atoms with E-state index in [2.05, 4.69) is 25.5 Å². The van der Waals surface area contributed by atoms with Crippen LogP contribution in [0.25, 0.3) is 0 Å². The molecule has 0 saturated carbocycles. The molecule has 0 aliphatic carbocycles. The van der Waals surface area contributed by atoms with Crippen molar-refractivity contribution in [3.8, 4) is 0 Å². The minimum absolute atomic E-state index is 0.0914. The number of carbonyl (C=O) groups is 2. The molecule has 6 heteroatoms. The first-order chi connectivity index (χ1) is 13.4. The van der Waals surface area contributed by atoms with Crippen molar-refractivity contribution >= 4 is 43.6 Å². The molecule has 2 rings (SSSR count). The quantitative estimate of drug-likeness (QED) is 0.372. The number of nitrogens with one attached hydrogen (secondary N) is 1. The van der Waals surface area contributed by atoms with Crippen LogP contribution in [0.5, 0.6) is 0 Å². The predicted molar refractivity (Wildman–Crippen MR) is 120 cm³/mol. The second-order valence-corrected chi connectivity index (χ2v) is 16.4. The fraction of sp³-hybridized carbons (Fsp3) is 0.636. The van der Waals surface area contributed by atoms with Gasteiger partial charge in [0, 0.05) is 10.9 Å². The minimum Gasteiger partial charge on any atom is -0.296 e. The van der Waals surface area contributed by atoms with Crippen LogP contribution in [0.3, 0.4) is 0 Å². The van der Waals surface area contributed by atoms with Gasteiger partial charge in [-0.15, -0.1) is 0 Å². The molecule has 1 amide bonds. The average Bonchev–Trinajstić information content (AvgIpc) is 2.67. The molecular weight excluding hydrogens is 477 g/mol. The summed E-state index contributed by atoms with van der Waals surface area (Å²) in [6.07, 6.45) is 9.36. The van der Waals surface area contributed by atoms with Crippen LogP contribution < -0.4 is 9.83 Å². The number of amides is 1. The van der Waals surface area contributed by atoms with Gasteiger partial charge in [-0.1, -0.05) is 18.2 Å². The van der Waals surface area contributed by atoms with Crippen LogP contribution in [0.2, 0.25) is 13.3 Å². The van der Waals surface area contributed by atoms with Crippen molar-refractivity contribution in [2.45, 2.75) is 90.8 Å². The first-order valence-electron chi connectivity index (χ1n) is 10.5. The smallest absolute Gasteiger partial charge is 0.234 e. The van der Waals surface area contributed by atoms with Gasteiger partial charge in [-0.25, -0.2) is 0 Å². The van der Waals surface area contributed by atoms with Gasteiger partial charge in [0.05, 0.1) is 6.42 Å². The maximum atomic E-state index is 10.9. The summed E-state index contributed by atoms with van der Waals surface area (Å²) < 4.78 is 7.75. The number of benzene rings is 1. The van der Waals surface area contributed by atoms with Crippen molar-refractivity contribution in [3.05, 3.63) is 29.8 Å². The second kappa shape index (κ2) is 18.3. The number of hydrogen-bond donors (Lipinski definition) is 1. The summed E-state index contributed by atoms with van der Waals surface area (Å²) >= 11 is 0.558. The Morgan fingerprint density at radius 3 is 1.96 bits per heavy atom. The summed E-state index contributed by atoms with van der Waals surface area (Å²) in [7, 11) is 0. The van der Waals surface area contributed by atoms with Crippen molar-refractivity contribution in [1.29, 1.82) is 0 Å². The number of carboxylic acids is 1. The standard InChI is InChI=1S/C8H7NOS.3C4H9.C2H4O2.Sn/c10-8-5-6-3-1-2-4-7(6)11-9-8;3*1-3-4-2;1-2(3)4;/h1-4H,5H2,(H,9,10);3*1,3-4H2,2H3;1H3,(H,3,4);/q;;;;;+1/p-1. The van der Waals surface area contributed by atoms with E-state index in [9.17, 15) is 4.79 Å². The van der Waals surface area contributed by atoms with E-state index in [1.165, 1.54) is 50.5 Å². The van der Waals surface area contributed by atoms with E-state index in [0.29, 0.717) is 6.42 Å². The third kappa shape index (κ3) is 15.3. The third-order valence-corrected chi connectivity index (χ3v) is 14.3. The van der Waals surface area contributed by atoms with Crippen LogP contribution in [-0.2, 0) is 16.0 Å². The van der Waals surface area contributed by atoms with Crippen LogP contribution in [-0.4, -0.2) is 31.6 Å². The fourth-order valence-corrected chi connectivity index (χ4v) is 12.9. The summed E-state index contributed by atoms with van der Waals surface area (Å²) in [6.45, 7) is 7.97. The first kappa shape index (κ1) is 27.3. The van der Waals surface area contributed by atoms with E-state index in [-0.39, 0.29) is 5.91 Å². The molecule has 1 N–H and O–H groups in total. The van der Waals surface area contributed by atoms with Crippen molar-refractivity contribution in [2.24, 2.45) is 0 Å². The molecule has 1 aliphatic heterocycles. The van der Waals surface area contributed by atoms with Crippen molar-refractivity contribution in [2.75, 3.05) is 0 Å². The zero-order valence-corrected chi connectivity index (χ0v) is 21.7. The van der Waals surface area contributed by atoms with E-state index in [4.69, 9.17) is 9.90 Å². The zero-order valence-electron chi connectivity index (χ0n) is 18.0. The molecule has 158 valence electrons. The zero-order chi connectivity index (χ0) is 21.2. The number of fused-ring (bicyclic) bond motifs is 1. The van der Waals surface area contributed by atoms with Gasteiger partial charge in [0.25, 0.3) is 0 Å². The molecule has 0 spiro atoms. The van der Waals surface area contributed by atoms with Gasteiger partial charge >= 0.3 is 92.4 Å². The molecular formula is C22H37NO3SSn. The monoisotopic (exact) mass is 515 g/mol. The van der Waals surface area contributed by atoms with Gasteiger partial charge in [-0.2, -0.15) is 0 Å². The van der Waals surface area contributed by atoms with Crippen molar-refractivity contribution in [3.63, 3.8) is 0 Å². The molecule has 28 heavy (non-hydrogen) atoms. The Hall–Kier alpha value is -0.691. The van der Waals surface area contributed by atoms with E-state index >= 15 is 0 Å². The van der Waals surface area contributed by atoms with Gasteiger partial charge in [0.15, 0.2) is 0 Å². The molecule has 1 aromatic rings. The molecule has 4 nitrogen and oxygen atoms in total. The molecule has 0 bridgehead atoms.